The lowest BCUT2D eigenvalue weighted by Crippen LogP contribution is -2.29. The maximum atomic E-state index is 13.4. The molecule has 1 atom stereocenters. The summed E-state index contributed by atoms with van der Waals surface area (Å²) >= 11 is 0. The summed E-state index contributed by atoms with van der Waals surface area (Å²) in [6.07, 6.45) is 3.22. The highest BCUT2D eigenvalue weighted by atomic mass is 19.1. The maximum Gasteiger partial charge on any atom is 0.295 e. The lowest BCUT2D eigenvalue weighted by Gasteiger charge is -2.25. The molecule has 7 nitrogen and oxygen atoms in total. The van der Waals surface area contributed by atoms with Crippen LogP contribution in [-0.4, -0.2) is 33.5 Å². The van der Waals surface area contributed by atoms with Crippen LogP contribution in [0.25, 0.3) is 5.76 Å². The number of ether oxygens (including phenoxy) is 2. The summed E-state index contributed by atoms with van der Waals surface area (Å²) in [5.41, 5.74) is 1.45. The minimum atomic E-state index is -0.880. The molecule has 5 rings (SSSR count). The van der Waals surface area contributed by atoms with Gasteiger partial charge in [-0.3, -0.25) is 14.6 Å². The van der Waals surface area contributed by atoms with Crippen LogP contribution in [-0.2, 0) is 16.1 Å². The highest BCUT2D eigenvalue weighted by Crippen LogP contribution is 2.43. The zero-order valence-electron chi connectivity index (χ0n) is 16.7. The number of carbonyl (C=O) groups excluding carboxylic acids is 2. The van der Waals surface area contributed by atoms with Gasteiger partial charge in [0.15, 0.2) is 11.5 Å². The molecule has 0 saturated carbocycles. The van der Waals surface area contributed by atoms with Crippen LogP contribution in [0.15, 0.2) is 72.6 Å². The number of rotatable bonds is 4. The number of fused-ring (bicyclic) bond motifs is 1. The van der Waals surface area contributed by atoms with Gasteiger partial charge in [0, 0.05) is 24.5 Å². The van der Waals surface area contributed by atoms with E-state index in [9.17, 15) is 19.1 Å². The van der Waals surface area contributed by atoms with Gasteiger partial charge in [0.2, 0.25) is 6.79 Å². The van der Waals surface area contributed by atoms with Crippen LogP contribution >= 0.6 is 0 Å². The first-order valence-corrected chi connectivity index (χ1v) is 9.86. The van der Waals surface area contributed by atoms with Crippen LogP contribution in [0.1, 0.15) is 22.7 Å². The highest BCUT2D eigenvalue weighted by molar-refractivity contribution is 6.46. The summed E-state index contributed by atoms with van der Waals surface area (Å²) in [6.45, 7) is 0.182. The fourth-order valence-corrected chi connectivity index (χ4v) is 3.92. The van der Waals surface area contributed by atoms with Crippen molar-refractivity contribution in [2.75, 3.05) is 6.79 Å². The summed E-state index contributed by atoms with van der Waals surface area (Å²) in [5.74, 6) is -1.39. The summed E-state index contributed by atoms with van der Waals surface area (Å²) in [6, 6.07) is 12.8. The SMILES string of the molecule is O=C1C(=O)N(Cc2cccnc2)C(c2ccc3c(c2)OCO3)/C1=C(\O)c1ccc(F)cc1. The van der Waals surface area contributed by atoms with Gasteiger partial charge in [0.25, 0.3) is 11.7 Å². The molecule has 1 saturated heterocycles. The summed E-state index contributed by atoms with van der Waals surface area (Å²) in [4.78, 5) is 31.5. The van der Waals surface area contributed by atoms with E-state index in [4.69, 9.17) is 9.47 Å². The molecule has 3 heterocycles. The van der Waals surface area contributed by atoms with Crippen LogP contribution in [0.5, 0.6) is 11.5 Å². The molecule has 1 unspecified atom stereocenters. The number of ketones is 1. The number of hydrogen-bond donors (Lipinski definition) is 1. The Kier molecular flexibility index (Phi) is 4.82. The van der Waals surface area contributed by atoms with Crippen molar-refractivity contribution in [1.82, 2.24) is 9.88 Å². The maximum absolute atomic E-state index is 13.4. The number of halogens is 1. The van der Waals surface area contributed by atoms with Crippen molar-refractivity contribution in [3.63, 3.8) is 0 Å². The second kappa shape index (κ2) is 7.81. The van der Waals surface area contributed by atoms with Gasteiger partial charge in [-0.05, 0) is 53.6 Å². The largest absolute Gasteiger partial charge is 0.507 e. The Morgan fingerprint density at radius 3 is 2.62 bits per heavy atom. The average molecular weight is 432 g/mol. The molecule has 1 fully saturated rings. The number of amides is 1. The Balaban J connectivity index is 1.65. The van der Waals surface area contributed by atoms with Crippen molar-refractivity contribution in [2.45, 2.75) is 12.6 Å². The van der Waals surface area contributed by atoms with E-state index in [1.807, 2.05) is 0 Å². The molecule has 160 valence electrons. The zero-order chi connectivity index (χ0) is 22.2. The van der Waals surface area contributed by atoms with Crippen molar-refractivity contribution in [3.8, 4) is 11.5 Å². The van der Waals surface area contributed by atoms with Crippen LogP contribution in [0.4, 0.5) is 4.39 Å². The second-order valence-corrected chi connectivity index (χ2v) is 7.41. The minimum absolute atomic E-state index is 0.0737. The molecule has 0 aliphatic carbocycles. The molecule has 32 heavy (non-hydrogen) atoms. The molecular weight excluding hydrogens is 415 g/mol. The summed E-state index contributed by atoms with van der Waals surface area (Å²) in [5, 5.41) is 11.0. The molecule has 2 aliphatic rings. The molecule has 0 radical (unpaired) electrons. The number of hydrogen-bond acceptors (Lipinski definition) is 6. The minimum Gasteiger partial charge on any atom is -0.507 e. The third-order valence-corrected chi connectivity index (χ3v) is 5.45. The first kappa shape index (κ1) is 19.7. The number of benzene rings is 2. The molecule has 3 aromatic rings. The van der Waals surface area contributed by atoms with Crippen molar-refractivity contribution >= 4 is 17.4 Å². The van der Waals surface area contributed by atoms with Gasteiger partial charge in [-0.15, -0.1) is 0 Å². The predicted octanol–water partition coefficient (Wildman–Crippen LogP) is 3.57. The van der Waals surface area contributed by atoms with E-state index in [0.29, 0.717) is 17.1 Å². The van der Waals surface area contributed by atoms with Crippen LogP contribution in [0.3, 0.4) is 0 Å². The van der Waals surface area contributed by atoms with Crippen molar-refractivity contribution < 1.29 is 28.6 Å². The molecule has 8 heteroatoms. The van der Waals surface area contributed by atoms with E-state index in [1.165, 1.54) is 29.2 Å². The second-order valence-electron chi connectivity index (χ2n) is 7.41. The van der Waals surface area contributed by atoms with E-state index in [2.05, 4.69) is 4.98 Å². The fraction of sp³-hybridized carbons (Fsp3) is 0.125. The van der Waals surface area contributed by atoms with E-state index in [0.717, 1.165) is 5.56 Å². The lowest BCUT2D eigenvalue weighted by atomic mass is 9.95. The van der Waals surface area contributed by atoms with E-state index in [1.54, 1.807) is 42.7 Å². The van der Waals surface area contributed by atoms with Gasteiger partial charge in [-0.1, -0.05) is 12.1 Å². The quantitative estimate of drug-likeness (QED) is 0.385. The monoisotopic (exact) mass is 432 g/mol. The number of likely N-dealkylation sites (tertiary alicyclic amines) is 1. The lowest BCUT2D eigenvalue weighted by molar-refractivity contribution is -0.140. The van der Waals surface area contributed by atoms with Gasteiger partial charge in [0.05, 0.1) is 11.6 Å². The number of nitrogens with zero attached hydrogens (tertiary/aromatic N) is 2. The molecule has 0 spiro atoms. The van der Waals surface area contributed by atoms with E-state index < -0.39 is 23.5 Å². The molecule has 0 bridgehead atoms. The summed E-state index contributed by atoms with van der Waals surface area (Å²) < 4.78 is 24.2. The number of aliphatic hydroxyl groups is 1. The first-order valence-electron chi connectivity index (χ1n) is 9.86. The molecular formula is C24H17FN2O5. The fourth-order valence-electron chi connectivity index (χ4n) is 3.92. The predicted molar refractivity (Wildman–Crippen MR) is 111 cm³/mol. The van der Waals surface area contributed by atoms with Crippen LogP contribution in [0, 0.1) is 5.82 Å². The molecule has 1 amide bonds. The third kappa shape index (κ3) is 3.35. The Bertz CT molecular complexity index is 1240. The summed E-state index contributed by atoms with van der Waals surface area (Å²) in [7, 11) is 0. The van der Waals surface area contributed by atoms with Gasteiger partial charge >= 0.3 is 0 Å². The smallest absolute Gasteiger partial charge is 0.295 e. The van der Waals surface area contributed by atoms with Gasteiger partial charge < -0.3 is 19.5 Å². The van der Waals surface area contributed by atoms with E-state index in [-0.39, 0.29) is 30.2 Å². The first-order chi connectivity index (χ1) is 15.5. The standard InChI is InChI=1S/C24H17FN2O5/c25-17-6-3-15(4-7-17)22(28)20-21(16-5-8-18-19(10-16)32-13-31-18)27(24(30)23(20)29)12-14-2-1-9-26-11-14/h1-11,21,28H,12-13H2/b22-20+. The number of pyridine rings is 1. The number of carbonyl (C=O) groups is 2. The van der Waals surface area contributed by atoms with Crippen LogP contribution < -0.4 is 9.47 Å². The van der Waals surface area contributed by atoms with Crippen molar-refractivity contribution in [3.05, 3.63) is 95.1 Å². The Morgan fingerprint density at radius 2 is 1.88 bits per heavy atom. The normalized spacial score (nSPS) is 18.9. The Hall–Kier alpha value is -4.20. The third-order valence-electron chi connectivity index (χ3n) is 5.45. The Labute approximate surface area is 182 Å². The van der Waals surface area contributed by atoms with Crippen molar-refractivity contribution in [2.24, 2.45) is 0 Å². The molecule has 2 aromatic carbocycles. The number of aromatic nitrogens is 1. The van der Waals surface area contributed by atoms with Gasteiger partial charge in [0.1, 0.15) is 11.6 Å². The molecule has 1 aromatic heterocycles. The van der Waals surface area contributed by atoms with Crippen LogP contribution in [0.2, 0.25) is 0 Å². The Morgan fingerprint density at radius 1 is 1.09 bits per heavy atom. The average Bonchev–Trinajstić information content (AvgIpc) is 3.37. The van der Waals surface area contributed by atoms with E-state index >= 15 is 0 Å². The van der Waals surface area contributed by atoms with Gasteiger partial charge in [-0.2, -0.15) is 0 Å². The van der Waals surface area contributed by atoms with Crippen molar-refractivity contribution in [1.29, 1.82) is 0 Å². The topological polar surface area (TPSA) is 89.0 Å². The highest BCUT2D eigenvalue weighted by Gasteiger charge is 2.46. The molecule has 2 aliphatic heterocycles. The number of Topliss-reactive ketones (excluding diaryl/α,β-unsaturated/α-hetero) is 1. The van der Waals surface area contributed by atoms with Gasteiger partial charge in [-0.25, -0.2) is 4.39 Å². The molecule has 1 N–H and O–H groups in total. The zero-order valence-corrected chi connectivity index (χ0v) is 16.7. The number of aliphatic hydroxyl groups excluding tert-OH is 1.